The summed E-state index contributed by atoms with van der Waals surface area (Å²) < 4.78 is 11.1. The molecule has 1 aromatic rings. The molecule has 1 unspecified atom stereocenters. The molecular formula is C18H29N4O3S+. The summed E-state index contributed by atoms with van der Waals surface area (Å²) in [5.41, 5.74) is 6.19. The lowest BCUT2D eigenvalue weighted by Crippen LogP contribution is -3.15. The lowest BCUT2D eigenvalue weighted by molar-refractivity contribution is -0.914. The molecule has 1 aliphatic rings. The average molecular weight is 382 g/mol. The molecule has 0 saturated carbocycles. The molecule has 2 rings (SSSR count). The number of quaternary nitrogens is 1. The van der Waals surface area contributed by atoms with Gasteiger partial charge in [-0.2, -0.15) is 0 Å². The van der Waals surface area contributed by atoms with Crippen molar-refractivity contribution in [3.8, 4) is 5.75 Å². The molecule has 1 aliphatic heterocycles. The van der Waals surface area contributed by atoms with Crippen molar-refractivity contribution in [2.75, 3.05) is 31.6 Å². The van der Waals surface area contributed by atoms with Gasteiger partial charge in [-0.05, 0) is 57.3 Å². The summed E-state index contributed by atoms with van der Waals surface area (Å²) in [6.07, 6.45) is 0.912. The third kappa shape index (κ3) is 7.15. The third-order valence-corrected chi connectivity index (χ3v) is 4.27. The van der Waals surface area contributed by atoms with Gasteiger partial charge in [0, 0.05) is 5.69 Å². The highest BCUT2D eigenvalue weighted by Gasteiger charge is 2.25. The Hall–Kier alpha value is -1.90. The van der Waals surface area contributed by atoms with Crippen LogP contribution in [0.5, 0.6) is 5.75 Å². The first-order chi connectivity index (χ1) is 12.5. The van der Waals surface area contributed by atoms with Crippen molar-refractivity contribution in [2.45, 2.75) is 39.4 Å². The highest BCUT2D eigenvalue weighted by atomic mass is 32.1. The van der Waals surface area contributed by atoms with Crippen LogP contribution in [-0.2, 0) is 9.53 Å². The highest BCUT2D eigenvalue weighted by molar-refractivity contribution is 7.80. The van der Waals surface area contributed by atoms with E-state index in [9.17, 15) is 4.79 Å². The largest absolute Gasteiger partial charge is 0.494 e. The van der Waals surface area contributed by atoms with Crippen molar-refractivity contribution >= 4 is 28.9 Å². The second kappa shape index (κ2) is 10.3. The fraction of sp³-hybridized carbons (Fsp3) is 0.556. The number of carbonyl (C=O) groups excluding carboxylic acids is 1. The van der Waals surface area contributed by atoms with Crippen LogP contribution in [0.3, 0.4) is 0 Å². The molecule has 1 fully saturated rings. The Bertz CT molecular complexity index is 587. The number of amides is 1. The van der Waals surface area contributed by atoms with Crippen LogP contribution in [0.2, 0.25) is 0 Å². The minimum atomic E-state index is -0.0832. The Kier molecular flexibility index (Phi) is 8.08. The molecular weight excluding hydrogens is 352 g/mol. The zero-order valence-electron chi connectivity index (χ0n) is 15.6. The summed E-state index contributed by atoms with van der Waals surface area (Å²) in [5, 5.41) is 3.35. The van der Waals surface area contributed by atoms with Crippen LogP contribution in [0.15, 0.2) is 24.3 Å². The average Bonchev–Trinajstić information content (AvgIpc) is 2.59. The van der Waals surface area contributed by atoms with Crippen LogP contribution in [0.1, 0.15) is 27.2 Å². The van der Waals surface area contributed by atoms with E-state index in [0.29, 0.717) is 18.1 Å². The van der Waals surface area contributed by atoms with E-state index >= 15 is 0 Å². The van der Waals surface area contributed by atoms with Gasteiger partial charge in [0.25, 0.3) is 0 Å². The van der Waals surface area contributed by atoms with Gasteiger partial charge in [-0.15, -0.1) is 0 Å². The Morgan fingerprint density at radius 1 is 1.23 bits per heavy atom. The highest BCUT2D eigenvalue weighted by Crippen LogP contribution is 2.15. The smallest absolute Gasteiger partial charge is 0.244 e. The lowest BCUT2D eigenvalue weighted by Gasteiger charge is -2.32. The number of ether oxygens (including phenoxy) is 2. The van der Waals surface area contributed by atoms with Gasteiger partial charge >= 0.3 is 0 Å². The maximum Gasteiger partial charge on any atom is 0.244 e. The first-order valence-electron chi connectivity index (χ1n) is 9.04. The van der Waals surface area contributed by atoms with Gasteiger partial charge in [-0.3, -0.25) is 15.6 Å². The maximum atomic E-state index is 12.0. The summed E-state index contributed by atoms with van der Waals surface area (Å²) in [6.45, 7) is 9.36. The molecule has 8 heteroatoms. The predicted octanol–water partition coefficient (Wildman–Crippen LogP) is 0.485. The number of hydrogen-bond acceptors (Lipinski definition) is 4. The predicted molar refractivity (Wildman–Crippen MR) is 105 cm³/mol. The zero-order valence-corrected chi connectivity index (χ0v) is 16.4. The Morgan fingerprint density at radius 2 is 1.88 bits per heavy atom. The van der Waals surface area contributed by atoms with Crippen LogP contribution in [0.25, 0.3) is 0 Å². The van der Waals surface area contributed by atoms with Gasteiger partial charge in [-0.25, -0.2) is 0 Å². The van der Waals surface area contributed by atoms with Crippen molar-refractivity contribution in [2.24, 2.45) is 0 Å². The summed E-state index contributed by atoms with van der Waals surface area (Å²) in [6, 6.07) is 7.45. The fourth-order valence-corrected chi connectivity index (χ4v) is 3.20. The third-order valence-electron chi connectivity index (χ3n) is 4.06. The quantitative estimate of drug-likeness (QED) is 0.424. The van der Waals surface area contributed by atoms with E-state index < -0.39 is 0 Å². The van der Waals surface area contributed by atoms with Crippen molar-refractivity contribution < 1.29 is 19.2 Å². The Balaban J connectivity index is 1.65. The molecule has 0 spiro atoms. The number of hydrazine groups is 1. The van der Waals surface area contributed by atoms with E-state index in [1.807, 2.05) is 31.2 Å². The van der Waals surface area contributed by atoms with Gasteiger partial charge in [0.1, 0.15) is 31.0 Å². The number of carbonyl (C=O) groups is 1. The number of morpholine rings is 1. The van der Waals surface area contributed by atoms with Gasteiger partial charge in [0.15, 0.2) is 5.11 Å². The summed E-state index contributed by atoms with van der Waals surface area (Å²) in [4.78, 5) is 13.4. The molecule has 144 valence electrons. The van der Waals surface area contributed by atoms with E-state index in [2.05, 4.69) is 30.0 Å². The second-order valence-corrected chi connectivity index (χ2v) is 6.91. The molecule has 7 nitrogen and oxygen atoms in total. The Morgan fingerprint density at radius 3 is 2.50 bits per heavy atom. The van der Waals surface area contributed by atoms with Gasteiger partial charge in [0.05, 0.1) is 19.6 Å². The molecule has 4 N–H and O–H groups in total. The molecule has 1 heterocycles. The molecule has 0 bridgehead atoms. The Labute approximate surface area is 160 Å². The van der Waals surface area contributed by atoms with E-state index in [1.165, 1.54) is 4.90 Å². The molecule has 0 aliphatic carbocycles. The summed E-state index contributed by atoms with van der Waals surface area (Å²) >= 11 is 5.19. The first kappa shape index (κ1) is 20.4. The molecule has 1 saturated heterocycles. The minimum absolute atomic E-state index is 0.0832. The van der Waals surface area contributed by atoms with Crippen molar-refractivity contribution in [1.29, 1.82) is 0 Å². The normalized spacial score (nSPS) is 22.3. The van der Waals surface area contributed by atoms with E-state index in [4.69, 9.17) is 21.7 Å². The standard InChI is InChI=1S/C18H28N4O3S/c1-4-24-16-7-5-15(6-8-16)19-18(26)21-20-17(23)9-10-22-11-13(2)25-14(3)12-22/h5-8,13-14H,4,9-12H2,1-3H3,(H,20,23)(H2,19,21,26)/p+1/t13-,14+. The van der Waals surface area contributed by atoms with Crippen LogP contribution in [-0.4, -0.2) is 49.5 Å². The SMILES string of the molecule is CCOc1ccc(NC(=S)NNC(=O)CC[NH+]2C[C@@H](C)O[C@@H](C)C2)cc1. The number of thiocarbonyl (C=S) groups is 1. The number of anilines is 1. The van der Waals surface area contributed by atoms with Crippen LogP contribution >= 0.6 is 12.2 Å². The molecule has 3 atom stereocenters. The van der Waals surface area contributed by atoms with Gasteiger partial charge in [0.2, 0.25) is 5.91 Å². The zero-order chi connectivity index (χ0) is 18.9. The van der Waals surface area contributed by atoms with Crippen LogP contribution in [0, 0.1) is 0 Å². The van der Waals surface area contributed by atoms with E-state index in [-0.39, 0.29) is 18.1 Å². The number of hydrogen-bond donors (Lipinski definition) is 4. The number of nitrogens with one attached hydrogen (secondary N) is 4. The van der Waals surface area contributed by atoms with Gasteiger partial charge < -0.3 is 19.7 Å². The fourth-order valence-electron chi connectivity index (χ4n) is 3.04. The first-order valence-corrected chi connectivity index (χ1v) is 9.44. The van der Waals surface area contributed by atoms with E-state index in [1.54, 1.807) is 0 Å². The van der Waals surface area contributed by atoms with E-state index in [0.717, 1.165) is 31.1 Å². The van der Waals surface area contributed by atoms with Gasteiger partial charge in [-0.1, -0.05) is 0 Å². The molecule has 1 aromatic carbocycles. The second-order valence-electron chi connectivity index (χ2n) is 6.50. The lowest BCUT2D eigenvalue weighted by atomic mass is 10.2. The summed E-state index contributed by atoms with van der Waals surface area (Å²) in [7, 11) is 0. The molecule has 26 heavy (non-hydrogen) atoms. The maximum absolute atomic E-state index is 12.0. The van der Waals surface area contributed by atoms with Crippen molar-refractivity contribution in [3.05, 3.63) is 24.3 Å². The molecule has 0 radical (unpaired) electrons. The van der Waals surface area contributed by atoms with Crippen molar-refractivity contribution in [3.63, 3.8) is 0 Å². The van der Waals surface area contributed by atoms with Crippen LogP contribution in [0.4, 0.5) is 5.69 Å². The molecule has 1 amide bonds. The van der Waals surface area contributed by atoms with Crippen molar-refractivity contribution in [1.82, 2.24) is 10.9 Å². The number of benzene rings is 1. The monoisotopic (exact) mass is 381 g/mol. The minimum Gasteiger partial charge on any atom is -0.494 e. The summed E-state index contributed by atoms with van der Waals surface area (Å²) in [5.74, 6) is 0.722. The molecule has 0 aromatic heterocycles. The topological polar surface area (TPSA) is 76.1 Å². The van der Waals surface area contributed by atoms with Crippen LogP contribution < -0.4 is 25.8 Å². The number of rotatable bonds is 6.